The van der Waals surface area contributed by atoms with Gasteiger partial charge in [0.05, 0.1) is 12.3 Å². The van der Waals surface area contributed by atoms with Crippen LogP contribution in [0.3, 0.4) is 0 Å². The first-order chi connectivity index (χ1) is 8.16. The first-order valence-electron chi connectivity index (χ1n) is 5.26. The van der Waals surface area contributed by atoms with E-state index >= 15 is 0 Å². The molecule has 0 bridgehead atoms. The molecule has 1 aromatic heterocycles. The third-order valence-electron chi connectivity index (χ3n) is 2.46. The van der Waals surface area contributed by atoms with Crippen molar-refractivity contribution in [2.45, 2.75) is 13.0 Å². The second-order valence-electron chi connectivity index (χ2n) is 3.72. The van der Waals surface area contributed by atoms with Crippen molar-refractivity contribution in [3.05, 3.63) is 58.5 Å². The van der Waals surface area contributed by atoms with E-state index < -0.39 is 0 Å². The Morgan fingerprint density at radius 1 is 1.29 bits per heavy atom. The van der Waals surface area contributed by atoms with E-state index in [1.807, 2.05) is 31.2 Å². The van der Waals surface area contributed by atoms with Crippen LogP contribution in [-0.4, -0.2) is 5.91 Å². The molecule has 0 aliphatic rings. The van der Waals surface area contributed by atoms with Crippen LogP contribution in [0.15, 0.2) is 51.6 Å². The van der Waals surface area contributed by atoms with E-state index in [1.165, 1.54) is 6.26 Å². The van der Waals surface area contributed by atoms with Crippen LogP contribution in [0, 0.1) is 0 Å². The Hall–Kier alpha value is -1.55. The molecule has 1 N–H and O–H groups in total. The summed E-state index contributed by atoms with van der Waals surface area (Å²) in [5.41, 5.74) is 1.05. The highest BCUT2D eigenvalue weighted by Crippen LogP contribution is 2.17. The van der Waals surface area contributed by atoms with Crippen molar-refractivity contribution in [3.8, 4) is 0 Å². The van der Waals surface area contributed by atoms with Crippen molar-refractivity contribution in [2.75, 3.05) is 0 Å². The molecule has 88 valence electrons. The predicted octanol–water partition coefficient (Wildman–Crippen LogP) is 3.53. The Morgan fingerprint density at radius 2 is 2.00 bits per heavy atom. The lowest BCUT2D eigenvalue weighted by molar-refractivity contribution is 0.0912. The lowest BCUT2D eigenvalue weighted by atomic mass is 10.1. The van der Waals surface area contributed by atoms with Crippen LogP contribution in [0.2, 0.25) is 0 Å². The quantitative estimate of drug-likeness (QED) is 0.941. The Morgan fingerprint density at radius 3 is 2.59 bits per heavy atom. The fourth-order valence-corrected chi connectivity index (χ4v) is 1.77. The zero-order valence-corrected chi connectivity index (χ0v) is 10.9. The number of carbonyl (C=O) groups excluding carboxylic acids is 1. The molecule has 1 heterocycles. The molecule has 0 aliphatic carbocycles. The molecule has 0 spiro atoms. The molecule has 3 nitrogen and oxygen atoms in total. The van der Waals surface area contributed by atoms with Gasteiger partial charge in [-0.05, 0) is 36.8 Å². The summed E-state index contributed by atoms with van der Waals surface area (Å²) in [5.74, 6) is 0.124. The standard InChI is InChI=1S/C13H12BrNO2/c1-9(10-4-6-11(14)7-5-10)15-13(16)12-3-2-8-17-12/h2-9H,1H3,(H,15,16)/t9-/m1/s1. The second kappa shape index (κ2) is 5.19. The molecule has 0 radical (unpaired) electrons. The van der Waals surface area contributed by atoms with Crippen LogP contribution in [0.5, 0.6) is 0 Å². The van der Waals surface area contributed by atoms with Gasteiger partial charge >= 0.3 is 0 Å². The summed E-state index contributed by atoms with van der Waals surface area (Å²) in [5, 5.41) is 2.87. The monoisotopic (exact) mass is 293 g/mol. The van der Waals surface area contributed by atoms with Crippen molar-refractivity contribution in [3.63, 3.8) is 0 Å². The summed E-state index contributed by atoms with van der Waals surface area (Å²) in [6.45, 7) is 1.93. The van der Waals surface area contributed by atoms with Gasteiger partial charge in [0.2, 0.25) is 0 Å². The first kappa shape index (κ1) is 11.9. The Labute approximate surface area is 108 Å². The maximum Gasteiger partial charge on any atom is 0.287 e. The highest BCUT2D eigenvalue weighted by atomic mass is 79.9. The molecule has 0 saturated heterocycles. The lowest BCUT2D eigenvalue weighted by Gasteiger charge is -2.13. The van der Waals surface area contributed by atoms with Gasteiger partial charge in [0, 0.05) is 4.47 Å². The van der Waals surface area contributed by atoms with Gasteiger partial charge in [0.25, 0.3) is 5.91 Å². The summed E-state index contributed by atoms with van der Waals surface area (Å²) in [6, 6.07) is 11.1. The number of amides is 1. The van der Waals surface area contributed by atoms with Crippen molar-refractivity contribution in [1.29, 1.82) is 0 Å². The minimum absolute atomic E-state index is 0.0549. The number of halogens is 1. The van der Waals surface area contributed by atoms with E-state index in [4.69, 9.17) is 4.42 Å². The Balaban J connectivity index is 2.04. The molecule has 1 aromatic carbocycles. The molecule has 0 saturated carbocycles. The number of nitrogens with one attached hydrogen (secondary N) is 1. The molecule has 2 aromatic rings. The molecule has 2 rings (SSSR count). The SMILES string of the molecule is C[C@@H](NC(=O)c1ccco1)c1ccc(Br)cc1. The van der Waals surface area contributed by atoms with Crippen LogP contribution >= 0.6 is 15.9 Å². The van der Waals surface area contributed by atoms with Crippen LogP contribution in [0.4, 0.5) is 0 Å². The highest BCUT2D eigenvalue weighted by molar-refractivity contribution is 9.10. The second-order valence-corrected chi connectivity index (χ2v) is 4.64. The summed E-state index contributed by atoms with van der Waals surface area (Å²) in [7, 11) is 0. The lowest BCUT2D eigenvalue weighted by Crippen LogP contribution is -2.26. The zero-order valence-electron chi connectivity index (χ0n) is 9.31. The van der Waals surface area contributed by atoms with Gasteiger partial charge in [-0.25, -0.2) is 0 Å². The first-order valence-corrected chi connectivity index (χ1v) is 6.06. The summed E-state index contributed by atoms with van der Waals surface area (Å²) in [4.78, 5) is 11.7. The van der Waals surface area contributed by atoms with Gasteiger partial charge in [0.15, 0.2) is 5.76 Å². The maximum absolute atomic E-state index is 11.7. The van der Waals surface area contributed by atoms with Crippen LogP contribution < -0.4 is 5.32 Å². The minimum Gasteiger partial charge on any atom is -0.459 e. The average Bonchev–Trinajstić information content (AvgIpc) is 2.83. The molecule has 1 atom stereocenters. The molecular weight excluding hydrogens is 282 g/mol. The van der Waals surface area contributed by atoms with Gasteiger partial charge in [0.1, 0.15) is 0 Å². The maximum atomic E-state index is 11.7. The number of carbonyl (C=O) groups is 1. The van der Waals surface area contributed by atoms with E-state index in [2.05, 4.69) is 21.2 Å². The van der Waals surface area contributed by atoms with E-state index in [1.54, 1.807) is 12.1 Å². The molecule has 0 aliphatic heterocycles. The van der Waals surface area contributed by atoms with Gasteiger partial charge in [-0.15, -0.1) is 0 Å². The Bertz CT molecular complexity index is 491. The fraction of sp³-hybridized carbons (Fsp3) is 0.154. The normalized spacial score (nSPS) is 12.1. The van der Waals surface area contributed by atoms with E-state index in [9.17, 15) is 4.79 Å². The number of rotatable bonds is 3. The largest absolute Gasteiger partial charge is 0.459 e. The fourth-order valence-electron chi connectivity index (χ4n) is 1.51. The molecule has 0 unspecified atom stereocenters. The van der Waals surface area contributed by atoms with Crippen molar-refractivity contribution < 1.29 is 9.21 Å². The smallest absolute Gasteiger partial charge is 0.287 e. The van der Waals surface area contributed by atoms with E-state index in [0.717, 1.165) is 10.0 Å². The van der Waals surface area contributed by atoms with Crippen LogP contribution in [-0.2, 0) is 0 Å². The van der Waals surface area contributed by atoms with Crippen LogP contribution in [0.1, 0.15) is 29.1 Å². The third-order valence-corrected chi connectivity index (χ3v) is 2.99. The van der Waals surface area contributed by atoms with Crippen molar-refractivity contribution >= 4 is 21.8 Å². The number of benzene rings is 1. The van der Waals surface area contributed by atoms with Gasteiger partial charge in [-0.1, -0.05) is 28.1 Å². The molecule has 4 heteroatoms. The predicted molar refractivity (Wildman–Crippen MR) is 68.7 cm³/mol. The van der Waals surface area contributed by atoms with Crippen LogP contribution in [0.25, 0.3) is 0 Å². The topological polar surface area (TPSA) is 42.2 Å². The third kappa shape index (κ3) is 2.97. The number of furan rings is 1. The molecular formula is C13H12BrNO2. The number of hydrogen-bond acceptors (Lipinski definition) is 2. The summed E-state index contributed by atoms with van der Waals surface area (Å²) < 4.78 is 6.05. The zero-order chi connectivity index (χ0) is 12.3. The summed E-state index contributed by atoms with van der Waals surface area (Å²) >= 11 is 3.37. The van der Waals surface area contributed by atoms with Crippen molar-refractivity contribution in [1.82, 2.24) is 5.32 Å². The highest BCUT2D eigenvalue weighted by Gasteiger charge is 2.12. The van der Waals surface area contributed by atoms with Gasteiger partial charge in [-0.2, -0.15) is 0 Å². The number of hydrogen-bond donors (Lipinski definition) is 1. The molecule has 17 heavy (non-hydrogen) atoms. The van der Waals surface area contributed by atoms with Gasteiger partial charge < -0.3 is 9.73 Å². The van der Waals surface area contributed by atoms with Gasteiger partial charge in [-0.3, -0.25) is 4.79 Å². The van der Waals surface area contributed by atoms with E-state index in [-0.39, 0.29) is 11.9 Å². The minimum atomic E-state index is -0.203. The summed E-state index contributed by atoms with van der Waals surface area (Å²) in [6.07, 6.45) is 1.49. The van der Waals surface area contributed by atoms with Crippen molar-refractivity contribution in [2.24, 2.45) is 0 Å². The Kier molecular flexibility index (Phi) is 3.64. The average molecular weight is 294 g/mol. The van der Waals surface area contributed by atoms with E-state index in [0.29, 0.717) is 5.76 Å². The molecule has 0 fully saturated rings. The molecule has 1 amide bonds.